The zero-order valence-corrected chi connectivity index (χ0v) is 15.1. The Balaban J connectivity index is 1.79. The van der Waals surface area contributed by atoms with E-state index in [1.165, 1.54) is 4.90 Å². The van der Waals surface area contributed by atoms with E-state index in [0.29, 0.717) is 0 Å². The van der Waals surface area contributed by atoms with Crippen LogP contribution in [0, 0.1) is 0 Å². The fourth-order valence-electron chi connectivity index (χ4n) is 2.21. The smallest absolute Gasteiger partial charge is 0.303 e. The van der Waals surface area contributed by atoms with Gasteiger partial charge < -0.3 is 5.32 Å². The number of nitrogens with one attached hydrogen (secondary N) is 1. The SMILES string of the molecule is O=C1N/C(=C/c2ccc(Br)cc2)C(=O)N1Cc1ccc(Br)cc1. The zero-order chi connectivity index (χ0) is 16.4. The van der Waals surface area contributed by atoms with Crippen molar-refractivity contribution in [2.75, 3.05) is 0 Å². The second kappa shape index (κ2) is 6.68. The summed E-state index contributed by atoms with van der Waals surface area (Å²) in [5, 5.41) is 2.63. The maximum absolute atomic E-state index is 12.4. The quantitative estimate of drug-likeness (QED) is 0.577. The highest BCUT2D eigenvalue weighted by Gasteiger charge is 2.33. The van der Waals surface area contributed by atoms with E-state index in [1.54, 1.807) is 6.08 Å². The molecule has 1 aliphatic rings. The molecular formula is C17H12Br2N2O2. The predicted molar refractivity (Wildman–Crippen MR) is 95.3 cm³/mol. The average Bonchev–Trinajstić information content (AvgIpc) is 2.79. The Morgan fingerprint density at radius 3 is 2.09 bits per heavy atom. The first-order valence-electron chi connectivity index (χ1n) is 6.87. The van der Waals surface area contributed by atoms with Crippen LogP contribution in [0.25, 0.3) is 6.08 Å². The minimum atomic E-state index is -0.402. The Kier molecular flexibility index (Phi) is 4.63. The highest BCUT2D eigenvalue weighted by molar-refractivity contribution is 9.10. The van der Waals surface area contributed by atoms with E-state index in [2.05, 4.69) is 37.2 Å². The monoisotopic (exact) mass is 434 g/mol. The van der Waals surface area contributed by atoms with Gasteiger partial charge in [-0.05, 0) is 41.5 Å². The molecule has 1 N–H and O–H groups in total. The van der Waals surface area contributed by atoms with Crippen LogP contribution >= 0.6 is 31.9 Å². The Bertz CT molecular complexity index is 783. The minimum Gasteiger partial charge on any atom is -0.303 e. The lowest BCUT2D eigenvalue weighted by molar-refractivity contribution is -0.123. The number of carbonyl (C=O) groups is 2. The number of imide groups is 1. The van der Waals surface area contributed by atoms with Crippen LogP contribution in [-0.4, -0.2) is 16.8 Å². The van der Waals surface area contributed by atoms with Crippen molar-refractivity contribution in [3.8, 4) is 0 Å². The second-order valence-corrected chi connectivity index (χ2v) is 6.89. The van der Waals surface area contributed by atoms with E-state index in [-0.39, 0.29) is 18.1 Å². The van der Waals surface area contributed by atoms with Gasteiger partial charge >= 0.3 is 6.03 Å². The number of rotatable bonds is 3. The molecule has 0 spiro atoms. The molecule has 1 heterocycles. The molecule has 3 amide bonds. The Labute approximate surface area is 150 Å². The van der Waals surface area contributed by atoms with Crippen LogP contribution in [0.15, 0.2) is 63.2 Å². The molecule has 0 radical (unpaired) electrons. The molecule has 0 bridgehead atoms. The molecule has 116 valence electrons. The molecule has 1 aliphatic heterocycles. The normalized spacial score (nSPS) is 16.1. The second-order valence-electron chi connectivity index (χ2n) is 5.06. The summed E-state index contributed by atoms with van der Waals surface area (Å²) in [4.78, 5) is 25.7. The molecule has 1 saturated heterocycles. The maximum Gasteiger partial charge on any atom is 0.329 e. The van der Waals surface area contributed by atoms with Gasteiger partial charge in [-0.3, -0.25) is 9.69 Å². The van der Waals surface area contributed by atoms with Gasteiger partial charge in [-0.2, -0.15) is 0 Å². The lowest BCUT2D eigenvalue weighted by Gasteiger charge is -2.11. The third-order valence-corrected chi connectivity index (χ3v) is 4.45. The van der Waals surface area contributed by atoms with Crippen LogP contribution in [0.1, 0.15) is 11.1 Å². The van der Waals surface area contributed by atoms with Crippen molar-refractivity contribution in [3.05, 3.63) is 74.3 Å². The van der Waals surface area contributed by atoms with Crippen molar-refractivity contribution >= 4 is 49.9 Å². The highest BCUT2D eigenvalue weighted by Crippen LogP contribution is 2.19. The first kappa shape index (κ1) is 16.0. The van der Waals surface area contributed by atoms with Crippen LogP contribution in [0.4, 0.5) is 4.79 Å². The molecule has 0 aliphatic carbocycles. The van der Waals surface area contributed by atoms with Crippen LogP contribution in [0.5, 0.6) is 0 Å². The van der Waals surface area contributed by atoms with Crippen molar-refractivity contribution in [1.82, 2.24) is 10.2 Å². The summed E-state index contributed by atoms with van der Waals surface area (Å²) in [6, 6.07) is 14.6. The summed E-state index contributed by atoms with van der Waals surface area (Å²) in [7, 11) is 0. The molecule has 0 saturated carbocycles. The average molecular weight is 436 g/mol. The summed E-state index contributed by atoms with van der Waals surface area (Å²) in [5.41, 5.74) is 2.03. The lowest BCUT2D eigenvalue weighted by atomic mass is 10.2. The fraction of sp³-hybridized carbons (Fsp3) is 0.0588. The first-order chi connectivity index (χ1) is 11.0. The molecule has 0 unspecified atom stereocenters. The number of halogens is 2. The van der Waals surface area contributed by atoms with Crippen molar-refractivity contribution < 1.29 is 9.59 Å². The zero-order valence-electron chi connectivity index (χ0n) is 11.9. The van der Waals surface area contributed by atoms with Gasteiger partial charge in [0.05, 0.1) is 6.54 Å². The summed E-state index contributed by atoms with van der Waals surface area (Å²) in [5.74, 6) is -0.319. The van der Waals surface area contributed by atoms with Gasteiger partial charge in [0.15, 0.2) is 0 Å². The lowest BCUT2D eigenvalue weighted by Crippen LogP contribution is -2.30. The van der Waals surface area contributed by atoms with Crippen molar-refractivity contribution in [3.63, 3.8) is 0 Å². The first-order valence-corrected chi connectivity index (χ1v) is 8.46. The van der Waals surface area contributed by atoms with Gasteiger partial charge in [0.1, 0.15) is 5.70 Å². The molecule has 3 rings (SSSR count). The van der Waals surface area contributed by atoms with Crippen LogP contribution in [0.2, 0.25) is 0 Å². The van der Waals surface area contributed by atoms with Crippen molar-refractivity contribution in [2.24, 2.45) is 0 Å². The van der Waals surface area contributed by atoms with Gasteiger partial charge in [-0.25, -0.2) is 4.79 Å². The number of hydrogen-bond acceptors (Lipinski definition) is 2. The molecule has 2 aromatic carbocycles. The van der Waals surface area contributed by atoms with Gasteiger partial charge in [-0.15, -0.1) is 0 Å². The molecule has 6 heteroatoms. The number of nitrogens with zero attached hydrogens (tertiary/aromatic N) is 1. The Morgan fingerprint density at radius 2 is 1.48 bits per heavy atom. The molecule has 1 fully saturated rings. The summed E-state index contributed by atoms with van der Waals surface area (Å²) >= 11 is 6.72. The number of carbonyl (C=O) groups excluding carboxylic acids is 2. The van der Waals surface area contributed by atoms with E-state index >= 15 is 0 Å². The van der Waals surface area contributed by atoms with Crippen LogP contribution in [0.3, 0.4) is 0 Å². The molecule has 0 atom stereocenters. The molecule has 23 heavy (non-hydrogen) atoms. The summed E-state index contributed by atoms with van der Waals surface area (Å²) < 4.78 is 1.91. The Hall–Kier alpha value is -1.92. The van der Waals surface area contributed by atoms with E-state index in [9.17, 15) is 9.59 Å². The largest absolute Gasteiger partial charge is 0.329 e. The number of hydrogen-bond donors (Lipinski definition) is 1. The number of urea groups is 1. The minimum absolute atomic E-state index is 0.246. The highest BCUT2D eigenvalue weighted by atomic mass is 79.9. The van der Waals surface area contributed by atoms with Crippen LogP contribution in [-0.2, 0) is 11.3 Å². The van der Waals surface area contributed by atoms with Gasteiger partial charge in [0.2, 0.25) is 0 Å². The van der Waals surface area contributed by atoms with E-state index in [0.717, 1.165) is 20.1 Å². The summed E-state index contributed by atoms with van der Waals surface area (Å²) in [6.07, 6.45) is 1.67. The third kappa shape index (κ3) is 3.71. The molecule has 2 aromatic rings. The summed E-state index contributed by atoms with van der Waals surface area (Å²) in [6.45, 7) is 0.246. The maximum atomic E-state index is 12.4. The third-order valence-electron chi connectivity index (χ3n) is 3.40. The van der Waals surface area contributed by atoms with Crippen molar-refractivity contribution in [2.45, 2.75) is 6.54 Å². The molecular weight excluding hydrogens is 424 g/mol. The number of benzene rings is 2. The van der Waals surface area contributed by atoms with Gasteiger partial charge in [-0.1, -0.05) is 56.1 Å². The van der Waals surface area contributed by atoms with E-state index in [4.69, 9.17) is 0 Å². The fourth-order valence-corrected chi connectivity index (χ4v) is 2.74. The molecule has 4 nitrogen and oxygen atoms in total. The topological polar surface area (TPSA) is 49.4 Å². The van der Waals surface area contributed by atoms with Crippen molar-refractivity contribution in [1.29, 1.82) is 0 Å². The predicted octanol–water partition coefficient (Wildman–Crippen LogP) is 4.30. The molecule has 0 aromatic heterocycles. The van der Waals surface area contributed by atoms with Crippen LogP contribution < -0.4 is 5.32 Å². The Morgan fingerprint density at radius 1 is 0.913 bits per heavy atom. The van der Waals surface area contributed by atoms with E-state index in [1.807, 2.05) is 48.5 Å². The van der Waals surface area contributed by atoms with Gasteiger partial charge in [0, 0.05) is 8.95 Å². The standard InChI is InChI=1S/C17H12Br2N2O2/c18-13-5-1-11(2-6-13)9-15-16(22)21(17(23)20-15)10-12-3-7-14(19)8-4-12/h1-9H,10H2,(H,20,23)/b15-9+. The number of amides is 3. The van der Waals surface area contributed by atoms with E-state index < -0.39 is 6.03 Å². The van der Waals surface area contributed by atoms with Gasteiger partial charge in [0.25, 0.3) is 5.91 Å².